The van der Waals surface area contributed by atoms with Crippen molar-refractivity contribution in [3.05, 3.63) is 86.3 Å². The van der Waals surface area contributed by atoms with Gasteiger partial charge >= 0.3 is 5.69 Å². The van der Waals surface area contributed by atoms with Gasteiger partial charge in [-0.1, -0.05) is 23.9 Å². The highest BCUT2D eigenvalue weighted by Crippen LogP contribution is 2.32. The summed E-state index contributed by atoms with van der Waals surface area (Å²) in [5, 5.41) is 24.2. The van der Waals surface area contributed by atoms with Crippen molar-refractivity contribution in [2.75, 3.05) is 5.32 Å². The highest BCUT2D eigenvalue weighted by atomic mass is 32.2. The molecule has 35 heavy (non-hydrogen) atoms. The molecular weight excluding hydrogens is 481 g/mol. The van der Waals surface area contributed by atoms with Crippen molar-refractivity contribution in [1.29, 1.82) is 0 Å². The van der Waals surface area contributed by atoms with Crippen LogP contribution in [0, 0.1) is 5.82 Å². The third-order valence-electron chi connectivity index (χ3n) is 4.96. The van der Waals surface area contributed by atoms with E-state index in [0.717, 1.165) is 11.8 Å². The van der Waals surface area contributed by atoms with Gasteiger partial charge in [-0.05, 0) is 42.0 Å². The minimum atomic E-state index is -1.16. The maximum Gasteiger partial charge on any atom is 0.328 e. The molecule has 2 heterocycles. The molecule has 2 atom stereocenters. The molecule has 2 amide bonds. The SMILES string of the molecule is O=C(C[C@@H]1SC(=N[C@H](c2ccc(O)cc2)c2c(O)[nH]c(=O)[nH]c2=O)NC1=O)Nc1ccc(F)cc1. The van der Waals surface area contributed by atoms with Gasteiger partial charge in [-0.3, -0.25) is 24.4 Å². The molecule has 6 N–H and O–H groups in total. The summed E-state index contributed by atoms with van der Waals surface area (Å²) in [6, 6.07) is 9.61. The lowest BCUT2D eigenvalue weighted by Gasteiger charge is -2.14. The first-order valence-corrected chi connectivity index (χ1v) is 11.0. The summed E-state index contributed by atoms with van der Waals surface area (Å²) in [6.45, 7) is 0. The second kappa shape index (κ2) is 9.85. The molecule has 1 fully saturated rings. The molecule has 2 aromatic carbocycles. The minimum absolute atomic E-state index is 0.0458. The van der Waals surface area contributed by atoms with Crippen molar-refractivity contribution in [1.82, 2.24) is 15.3 Å². The fourth-order valence-electron chi connectivity index (χ4n) is 3.33. The quantitative estimate of drug-likeness (QED) is 0.296. The molecule has 4 rings (SSSR count). The number of benzene rings is 2. The fourth-order valence-corrected chi connectivity index (χ4v) is 4.33. The normalized spacial score (nSPS) is 17.2. The van der Waals surface area contributed by atoms with Gasteiger partial charge < -0.3 is 20.8 Å². The first kappa shape index (κ1) is 23.8. The Hall–Kier alpha value is -4.39. The topological polar surface area (TPSA) is 177 Å². The Kier molecular flexibility index (Phi) is 6.68. The summed E-state index contributed by atoms with van der Waals surface area (Å²) in [4.78, 5) is 57.3. The van der Waals surface area contributed by atoms with Crippen LogP contribution in [0.2, 0.25) is 0 Å². The number of phenolic OH excluding ortho intramolecular Hbond substituents is 1. The van der Waals surface area contributed by atoms with Crippen LogP contribution in [0.5, 0.6) is 11.6 Å². The molecule has 1 saturated heterocycles. The molecule has 11 nitrogen and oxygen atoms in total. The number of aliphatic imine (C=N–C) groups is 1. The van der Waals surface area contributed by atoms with E-state index in [-0.39, 0.29) is 22.9 Å². The summed E-state index contributed by atoms with van der Waals surface area (Å²) >= 11 is 0.949. The van der Waals surface area contributed by atoms with E-state index in [1.807, 2.05) is 4.98 Å². The number of aromatic amines is 2. The second-order valence-electron chi connectivity index (χ2n) is 7.45. The summed E-state index contributed by atoms with van der Waals surface area (Å²) in [7, 11) is 0. The third kappa shape index (κ3) is 5.58. The first-order chi connectivity index (χ1) is 16.7. The van der Waals surface area contributed by atoms with Gasteiger partial charge in [0.1, 0.15) is 28.4 Å². The number of nitrogens with one attached hydrogen (secondary N) is 4. The number of phenols is 1. The zero-order valence-electron chi connectivity index (χ0n) is 17.7. The van der Waals surface area contributed by atoms with Crippen molar-refractivity contribution < 1.29 is 24.2 Å². The summed E-state index contributed by atoms with van der Waals surface area (Å²) < 4.78 is 13.0. The van der Waals surface area contributed by atoms with Crippen LogP contribution >= 0.6 is 11.8 Å². The van der Waals surface area contributed by atoms with Crippen LogP contribution in [-0.4, -0.2) is 42.4 Å². The lowest BCUT2D eigenvalue weighted by Crippen LogP contribution is -2.29. The van der Waals surface area contributed by atoms with Crippen molar-refractivity contribution in [3.63, 3.8) is 0 Å². The van der Waals surface area contributed by atoms with Crippen LogP contribution in [0.3, 0.4) is 0 Å². The molecule has 13 heteroatoms. The number of hydrogen-bond acceptors (Lipinski definition) is 8. The number of amides is 2. The van der Waals surface area contributed by atoms with E-state index in [2.05, 4.69) is 20.6 Å². The largest absolute Gasteiger partial charge is 0.508 e. The average Bonchev–Trinajstić information content (AvgIpc) is 3.13. The van der Waals surface area contributed by atoms with Gasteiger partial charge in [0, 0.05) is 12.1 Å². The zero-order chi connectivity index (χ0) is 25.1. The molecule has 0 spiro atoms. The lowest BCUT2D eigenvalue weighted by molar-refractivity contribution is -0.122. The predicted molar refractivity (Wildman–Crippen MR) is 126 cm³/mol. The highest BCUT2D eigenvalue weighted by Gasteiger charge is 2.33. The fraction of sp³-hybridized carbons (Fsp3) is 0.136. The van der Waals surface area contributed by atoms with Crippen molar-refractivity contribution in [2.45, 2.75) is 17.7 Å². The molecule has 0 unspecified atom stereocenters. The summed E-state index contributed by atoms with van der Waals surface area (Å²) in [6.07, 6.45) is -0.207. The predicted octanol–water partition coefficient (Wildman–Crippen LogP) is 1.32. The van der Waals surface area contributed by atoms with E-state index in [0.29, 0.717) is 11.3 Å². The molecule has 0 radical (unpaired) electrons. The van der Waals surface area contributed by atoms with E-state index in [9.17, 15) is 33.8 Å². The molecule has 1 aromatic heterocycles. The Morgan fingerprint density at radius 1 is 1.06 bits per heavy atom. The average molecular weight is 499 g/mol. The molecule has 0 aliphatic carbocycles. The number of nitrogens with zero attached hydrogens (tertiary/aromatic N) is 1. The van der Waals surface area contributed by atoms with Crippen LogP contribution in [0.1, 0.15) is 23.6 Å². The first-order valence-electron chi connectivity index (χ1n) is 10.1. The maximum absolute atomic E-state index is 13.0. The maximum atomic E-state index is 13.0. The van der Waals surface area contributed by atoms with Gasteiger partial charge in [-0.15, -0.1) is 0 Å². The van der Waals surface area contributed by atoms with Crippen molar-refractivity contribution in [2.24, 2.45) is 4.99 Å². The molecule has 180 valence electrons. The molecule has 3 aromatic rings. The van der Waals surface area contributed by atoms with E-state index in [4.69, 9.17) is 0 Å². The van der Waals surface area contributed by atoms with Crippen molar-refractivity contribution >= 4 is 34.4 Å². The number of carbonyl (C=O) groups is 2. The molecule has 0 saturated carbocycles. The van der Waals surface area contributed by atoms with Gasteiger partial charge in [0.25, 0.3) is 5.56 Å². The van der Waals surface area contributed by atoms with Crippen LogP contribution in [0.25, 0.3) is 0 Å². The number of aromatic hydroxyl groups is 2. The summed E-state index contributed by atoms with van der Waals surface area (Å²) in [5.41, 5.74) is -1.35. The molecular formula is C22H18FN5O6S. The van der Waals surface area contributed by atoms with Crippen molar-refractivity contribution in [3.8, 4) is 11.6 Å². The number of rotatable bonds is 6. The van der Waals surface area contributed by atoms with Gasteiger partial charge in [0.2, 0.25) is 17.7 Å². The Labute approximate surface area is 200 Å². The molecule has 0 bridgehead atoms. The molecule has 1 aliphatic heterocycles. The number of halogens is 1. The van der Waals surface area contributed by atoms with Gasteiger partial charge in [0.15, 0.2) is 5.17 Å². The standard InChI is InChI=1S/C22H18FN5O6S/c23-11-3-5-12(6-4-11)24-15(30)9-14-18(31)28-22(35-14)25-17(10-1-7-13(29)8-2-10)16-19(32)26-21(34)27-20(16)33/h1-8,14,17,29H,9H2,(H,24,30)(H,25,28,31)(H3,26,27,32,33,34)/t14-,17+/m0/s1. The van der Waals surface area contributed by atoms with Gasteiger partial charge in [0.05, 0.1) is 0 Å². The van der Waals surface area contributed by atoms with Crippen LogP contribution < -0.4 is 21.9 Å². The van der Waals surface area contributed by atoms with E-state index in [1.54, 1.807) is 0 Å². The highest BCUT2D eigenvalue weighted by molar-refractivity contribution is 8.15. The Morgan fingerprint density at radius 2 is 1.74 bits per heavy atom. The molecule has 1 aliphatic rings. The van der Waals surface area contributed by atoms with E-state index in [1.165, 1.54) is 48.5 Å². The van der Waals surface area contributed by atoms with Crippen LogP contribution in [-0.2, 0) is 9.59 Å². The smallest absolute Gasteiger partial charge is 0.328 e. The second-order valence-corrected chi connectivity index (χ2v) is 8.65. The Bertz CT molecular complexity index is 1420. The van der Waals surface area contributed by atoms with Gasteiger partial charge in [-0.25, -0.2) is 14.2 Å². The number of amidine groups is 1. The van der Waals surface area contributed by atoms with E-state index >= 15 is 0 Å². The number of anilines is 1. The summed E-state index contributed by atoms with van der Waals surface area (Å²) in [5.74, 6) is -2.17. The Morgan fingerprint density at radius 3 is 2.40 bits per heavy atom. The number of aromatic nitrogens is 2. The number of carbonyl (C=O) groups excluding carboxylic acids is 2. The monoisotopic (exact) mass is 499 g/mol. The Balaban J connectivity index is 1.58. The number of hydrogen-bond donors (Lipinski definition) is 6. The number of thioether (sulfide) groups is 1. The third-order valence-corrected chi connectivity index (χ3v) is 6.06. The minimum Gasteiger partial charge on any atom is -0.508 e. The van der Waals surface area contributed by atoms with Crippen LogP contribution in [0.4, 0.5) is 10.1 Å². The van der Waals surface area contributed by atoms with Gasteiger partial charge in [-0.2, -0.15) is 0 Å². The number of H-pyrrole nitrogens is 2. The van der Waals surface area contributed by atoms with Crippen LogP contribution in [0.15, 0.2) is 63.1 Å². The zero-order valence-corrected chi connectivity index (χ0v) is 18.6. The lowest BCUT2D eigenvalue weighted by atomic mass is 10.0. The van der Waals surface area contributed by atoms with E-state index < -0.39 is 46.1 Å².